The quantitative estimate of drug-likeness (QED) is 0.859. The van der Waals surface area contributed by atoms with E-state index in [9.17, 15) is 14.0 Å². The number of halogens is 1. The maximum atomic E-state index is 12.9. The van der Waals surface area contributed by atoms with E-state index in [1.807, 2.05) is 0 Å². The third-order valence-electron chi connectivity index (χ3n) is 3.11. The standard InChI is InChI=1S/C14H14FN3O3/c1-8-11(7-17-18(8)2)14(20)21-12(13(16)19)9-3-5-10(15)6-4-9/h3-7,12H,1-2H3,(H2,16,19)/t12-/m1/s1. The molecule has 2 aromatic rings. The average Bonchev–Trinajstić information content (AvgIpc) is 2.77. The molecule has 1 heterocycles. The average molecular weight is 291 g/mol. The molecule has 1 aromatic carbocycles. The smallest absolute Gasteiger partial charge is 0.342 e. The number of benzene rings is 1. The highest BCUT2D eigenvalue weighted by atomic mass is 19.1. The second-order valence-electron chi connectivity index (χ2n) is 4.51. The Kier molecular flexibility index (Phi) is 4.02. The molecule has 6 nitrogen and oxygen atoms in total. The molecule has 0 bridgehead atoms. The van der Waals surface area contributed by atoms with Crippen LogP contribution >= 0.6 is 0 Å². The van der Waals surface area contributed by atoms with Crippen LogP contribution in [0.3, 0.4) is 0 Å². The maximum absolute atomic E-state index is 12.9. The number of hydrogen-bond acceptors (Lipinski definition) is 4. The monoisotopic (exact) mass is 291 g/mol. The number of aromatic nitrogens is 2. The number of aryl methyl sites for hydroxylation is 1. The summed E-state index contributed by atoms with van der Waals surface area (Å²) in [6.07, 6.45) is 0.0677. The molecule has 21 heavy (non-hydrogen) atoms. The molecule has 110 valence electrons. The fraction of sp³-hybridized carbons (Fsp3) is 0.214. The van der Waals surface area contributed by atoms with E-state index in [1.165, 1.54) is 23.0 Å². The third kappa shape index (κ3) is 3.07. The van der Waals surface area contributed by atoms with Gasteiger partial charge in [0.2, 0.25) is 6.10 Å². The third-order valence-corrected chi connectivity index (χ3v) is 3.11. The fourth-order valence-electron chi connectivity index (χ4n) is 1.80. The summed E-state index contributed by atoms with van der Waals surface area (Å²) >= 11 is 0. The minimum atomic E-state index is -1.28. The fourth-order valence-corrected chi connectivity index (χ4v) is 1.80. The van der Waals surface area contributed by atoms with Crippen LogP contribution in [0.2, 0.25) is 0 Å². The van der Waals surface area contributed by atoms with E-state index >= 15 is 0 Å². The van der Waals surface area contributed by atoms with Crippen molar-refractivity contribution in [2.75, 3.05) is 0 Å². The van der Waals surface area contributed by atoms with Crippen LogP contribution in [0.15, 0.2) is 30.5 Å². The van der Waals surface area contributed by atoms with Gasteiger partial charge in [-0.15, -0.1) is 0 Å². The van der Waals surface area contributed by atoms with Crippen LogP contribution in [0.25, 0.3) is 0 Å². The molecule has 2 rings (SSSR count). The highest BCUT2D eigenvalue weighted by molar-refractivity contribution is 5.93. The molecule has 0 fully saturated rings. The molecule has 0 aliphatic carbocycles. The second kappa shape index (κ2) is 5.74. The van der Waals surface area contributed by atoms with Crippen LogP contribution in [-0.4, -0.2) is 21.7 Å². The van der Waals surface area contributed by atoms with Crippen LogP contribution in [0.1, 0.15) is 27.7 Å². The Labute approximate surface area is 120 Å². The summed E-state index contributed by atoms with van der Waals surface area (Å²) in [4.78, 5) is 23.5. The zero-order chi connectivity index (χ0) is 15.6. The first kappa shape index (κ1) is 14.7. The van der Waals surface area contributed by atoms with Gasteiger partial charge in [-0.3, -0.25) is 9.48 Å². The van der Waals surface area contributed by atoms with Crippen molar-refractivity contribution in [1.82, 2.24) is 9.78 Å². The van der Waals surface area contributed by atoms with E-state index in [2.05, 4.69) is 5.10 Å². The summed E-state index contributed by atoms with van der Waals surface area (Å²) in [5.74, 6) is -2.01. The molecular weight excluding hydrogens is 277 g/mol. The molecule has 0 unspecified atom stereocenters. The van der Waals surface area contributed by atoms with E-state index in [1.54, 1.807) is 14.0 Å². The summed E-state index contributed by atoms with van der Waals surface area (Å²) in [5, 5.41) is 3.92. The van der Waals surface area contributed by atoms with E-state index in [0.29, 0.717) is 11.3 Å². The Morgan fingerprint density at radius 3 is 2.43 bits per heavy atom. The van der Waals surface area contributed by atoms with E-state index < -0.39 is 23.8 Å². The van der Waals surface area contributed by atoms with Crippen molar-refractivity contribution in [3.05, 3.63) is 53.1 Å². The number of rotatable bonds is 4. The van der Waals surface area contributed by atoms with E-state index in [4.69, 9.17) is 10.5 Å². The molecule has 0 radical (unpaired) electrons. The molecule has 0 spiro atoms. The minimum absolute atomic E-state index is 0.242. The van der Waals surface area contributed by atoms with E-state index in [-0.39, 0.29) is 5.56 Å². The topological polar surface area (TPSA) is 87.2 Å². The van der Waals surface area contributed by atoms with Gasteiger partial charge in [-0.25, -0.2) is 9.18 Å². The van der Waals surface area contributed by atoms with Crippen LogP contribution in [0, 0.1) is 12.7 Å². The summed E-state index contributed by atoms with van der Waals surface area (Å²) < 4.78 is 19.5. The lowest BCUT2D eigenvalue weighted by Crippen LogP contribution is -2.26. The number of ether oxygens (including phenoxy) is 1. The highest BCUT2D eigenvalue weighted by Gasteiger charge is 2.25. The number of esters is 1. The molecule has 1 aromatic heterocycles. The second-order valence-corrected chi connectivity index (χ2v) is 4.51. The van der Waals surface area contributed by atoms with Crippen LogP contribution in [0.5, 0.6) is 0 Å². The Balaban J connectivity index is 2.24. The largest absolute Gasteiger partial charge is 0.444 e. The number of primary amides is 1. The van der Waals surface area contributed by atoms with Gasteiger partial charge in [-0.1, -0.05) is 12.1 Å². The molecule has 0 aliphatic rings. The summed E-state index contributed by atoms with van der Waals surface area (Å²) in [5.41, 5.74) is 6.39. The van der Waals surface area contributed by atoms with Gasteiger partial charge in [0.25, 0.3) is 5.91 Å². The Morgan fingerprint density at radius 2 is 1.95 bits per heavy atom. The van der Waals surface area contributed by atoms with Crippen molar-refractivity contribution in [2.45, 2.75) is 13.0 Å². The summed E-state index contributed by atoms with van der Waals surface area (Å²) in [7, 11) is 1.68. The van der Waals surface area contributed by atoms with Gasteiger partial charge in [0.1, 0.15) is 11.4 Å². The van der Waals surface area contributed by atoms with Crippen molar-refractivity contribution < 1.29 is 18.7 Å². The lowest BCUT2D eigenvalue weighted by atomic mass is 10.1. The zero-order valence-corrected chi connectivity index (χ0v) is 11.5. The van der Waals surface area contributed by atoms with Crippen molar-refractivity contribution in [1.29, 1.82) is 0 Å². The van der Waals surface area contributed by atoms with Gasteiger partial charge in [-0.2, -0.15) is 5.10 Å². The Hall–Kier alpha value is -2.70. The number of nitrogens with two attached hydrogens (primary N) is 1. The summed E-state index contributed by atoms with van der Waals surface area (Å²) in [6, 6.07) is 5.01. The molecule has 0 saturated heterocycles. The predicted molar refractivity (Wildman–Crippen MR) is 71.7 cm³/mol. The molecular formula is C14H14FN3O3. The number of carbonyl (C=O) groups is 2. The summed E-state index contributed by atoms with van der Waals surface area (Å²) in [6.45, 7) is 1.70. The van der Waals surface area contributed by atoms with Gasteiger partial charge in [0.15, 0.2) is 0 Å². The lowest BCUT2D eigenvalue weighted by Gasteiger charge is -2.14. The van der Waals surface area contributed by atoms with Crippen molar-refractivity contribution >= 4 is 11.9 Å². The van der Waals surface area contributed by atoms with E-state index in [0.717, 1.165) is 12.1 Å². The SMILES string of the molecule is Cc1c(C(=O)O[C@@H](C(N)=O)c2ccc(F)cc2)cnn1C. The van der Waals surface area contributed by atoms with Crippen LogP contribution in [0.4, 0.5) is 4.39 Å². The van der Waals surface area contributed by atoms with Gasteiger partial charge in [0, 0.05) is 18.3 Å². The predicted octanol–water partition coefficient (Wildman–Crippen LogP) is 1.25. The number of amides is 1. The zero-order valence-electron chi connectivity index (χ0n) is 11.5. The Bertz CT molecular complexity index is 679. The van der Waals surface area contributed by atoms with Gasteiger partial charge in [-0.05, 0) is 19.1 Å². The molecule has 0 aliphatic heterocycles. The van der Waals surface area contributed by atoms with Crippen molar-refractivity contribution in [3.63, 3.8) is 0 Å². The number of hydrogen-bond donors (Lipinski definition) is 1. The van der Waals surface area contributed by atoms with Crippen LogP contribution in [-0.2, 0) is 16.6 Å². The van der Waals surface area contributed by atoms with Crippen molar-refractivity contribution in [2.24, 2.45) is 12.8 Å². The molecule has 7 heteroatoms. The van der Waals surface area contributed by atoms with Gasteiger partial charge in [0.05, 0.1) is 6.20 Å². The first-order chi connectivity index (χ1) is 9.90. The number of carbonyl (C=O) groups excluding carboxylic acids is 2. The first-order valence-corrected chi connectivity index (χ1v) is 6.14. The molecule has 2 N–H and O–H groups in total. The van der Waals surface area contributed by atoms with Crippen molar-refractivity contribution in [3.8, 4) is 0 Å². The molecule has 1 amide bonds. The lowest BCUT2D eigenvalue weighted by molar-refractivity contribution is -0.127. The first-order valence-electron chi connectivity index (χ1n) is 6.14. The number of nitrogens with zero attached hydrogens (tertiary/aromatic N) is 2. The maximum Gasteiger partial charge on any atom is 0.342 e. The molecule has 0 saturated carbocycles. The van der Waals surface area contributed by atoms with Gasteiger partial charge >= 0.3 is 5.97 Å². The normalized spacial score (nSPS) is 12.0. The highest BCUT2D eigenvalue weighted by Crippen LogP contribution is 2.20. The van der Waals surface area contributed by atoms with Gasteiger partial charge < -0.3 is 10.5 Å². The minimum Gasteiger partial charge on any atom is -0.444 e. The molecule has 1 atom stereocenters. The van der Waals surface area contributed by atoms with Crippen LogP contribution < -0.4 is 5.73 Å². The Morgan fingerprint density at radius 1 is 1.33 bits per heavy atom.